The van der Waals surface area contributed by atoms with Crippen molar-refractivity contribution in [1.82, 2.24) is 4.98 Å². The molecule has 0 saturated carbocycles. The molecule has 0 spiro atoms. The summed E-state index contributed by atoms with van der Waals surface area (Å²) in [5.74, 6) is -1.13. The minimum atomic E-state index is -1.13. The number of pyridine rings is 1. The van der Waals surface area contributed by atoms with Crippen molar-refractivity contribution in [3.05, 3.63) is 27.0 Å². The maximum absolute atomic E-state index is 11.2. The fraction of sp³-hybridized carbons (Fsp3) is 0.400. The summed E-state index contributed by atoms with van der Waals surface area (Å²) in [7, 11) is 0. The molecule has 9 heteroatoms. The summed E-state index contributed by atoms with van der Waals surface area (Å²) in [5, 5.41) is 29.7. The Morgan fingerprint density at radius 2 is 2.26 bits per heavy atom. The lowest BCUT2D eigenvalue weighted by Gasteiger charge is -2.23. The zero-order chi connectivity index (χ0) is 14.2. The predicted octanol–water partition coefficient (Wildman–Crippen LogP) is 0.776. The van der Waals surface area contributed by atoms with Crippen LogP contribution in [0.1, 0.15) is 6.42 Å². The third-order valence-electron chi connectivity index (χ3n) is 2.90. The Morgan fingerprint density at radius 1 is 1.58 bits per heavy atom. The van der Waals surface area contributed by atoms with Crippen LogP contribution in [0.2, 0.25) is 0 Å². The van der Waals surface area contributed by atoms with Gasteiger partial charge in [-0.3, -0.25) is 15.1 Å². The Bertz CT molecular complexity index is 538. The van der Waals surface area contributed by atoms with Crippen molar-refractivity contribution in [2.75, 3.05) is 11.4 Å². The normalized spacial score (nSPS) is 22.5. The maximum Gasteiger partial charge on any atom is 0.326 e. The van der Waals surface area contributed by atoms with Gasteiger partial charge < -0.3 is 15.1 Å². The fourth-order valence-electron chi connectivity index (χ4n) is 2.13. The highest BCUT2D eigenvalue weighted by Crippen LogP contribution is 2.38. The van der Waals surface area contributed by atoms with Gasteiger partial charge in [-0.05, 0) is 15.9 Å². The van der Waals surface area contributed by atoms with E-state index >= 15 is 0 Å². The standard InChI is InChI=1S/C10H10BrN3O5/c11-6-2-12-3-8(14(18)19)9(6)13-4-5(15)1-7(13)10(16)17/h2-3,5,7,15H,1,4H2,(H,16,17). The summed E-state index contributed by atoms with van der Waals surface area (Å²) in [6.07, 6.45) is 1.61. The molecule has 0 aliphatic carbocycles. The average Bonchev–Trinajstić information content (AvgIpc) is 2.70. The first-order valence-electron chi connectivity index (χ1n) is 5.37. The van der Waals surface area contributed by atoms with E-state index in [1.54, 1.807) is 0 Å². The van der Waals surface area contributed by atoms with Crippen LogP contribution in [0.5, 0.6) is 0 Å². The third kappa shape index (κ3) is 2.51. The van der Waals surface area contributed by atoms with E-state index < -0.39 is 23.0 Å². The van der Waals surface area contributed by atoms with Gasteiger partial charge in [-0.1, -0.05) is 0 Å². The smallest absolute Gasteiger partial charge is 0.326 e. The quantitative estimate of drug-likeness (QED) is 0.620. The Balaban J connectivity index is 2.51. The zero-order valence-corrected chi connectivity index (χ0v) is 11.1. The molecular weight excluding hydrogens is 322 g/mol. The van der Waals surface area contributed by atoms with E-state index in [1.165, 1.54) is 11.1 Å². The minimum absolute atomic E-state index is 0.0282. The number of aliphatic hydroxyl groups excluding tert-OH is 1. The number of nitro groups is 1. The van der Waals surface area contributed by atoms with Crippen molar-refractivity contribution in [1.29, 1.82) is 0 Å². The molecule has 1 fully saturated rings. The lowest BCUT2D eigenvalue weighted by molar-refractivity contribution is -0.384. The van der Waals surface area contributed by atoms with E-state index in [2.05, 4.69) is 20.9 Å². The summed E-state index contributed by atoms with van der Waals surface area (Å²) < 4.78 is 0.321. The highest BCUT2D eigenvalue weighted by Gasteiger charge is 2.40. The van der Waals surface area contributed by atoms with Gasteiger partial charge in [-0.25, -0.2) is 4.79 Å². The van der Waals surface area contributed by atoms with Crippen LogP contribution in [0, 0.1) is 10.1 Å². The number of aliphatic hydroxyl groups is 1. The second-order valence-electron chi connectivity index (χ2n) is 4.14. The number of aromatic nitrogens is 1. The van der Waals surface area contributed by atoms with Gasteiger partial charge in [0.05, 0.1) is 15.5 Å². The molecule has 1 aliphatic heterocycles. The molecule has 0 radical (unpaired) electrons. The molecule has 2 unspecified atom stereocenters. The van der Waals surface area contributed by atoms with Gasteiger partial charge in [0.15, 0.2) is 0 Å². The average molecular weight is 332 g/mol. The second-order valence-corrected chi connectivity index (χ2v) is 5.00. The molecule has 1 aromatic heterocycles. The van der Waals surface area contributed by atoms with Crippen LogP contribution >= 0.6 is 15.9 Å². The molecule has 0 bridgehead atoms. The molecule has 2 rings (SSSR count). The molecule has 1 saturated heterocycles. The van der Waals surface area contributed by atoms with E-state index in [-0.39, 0.29) is 24.3 Å². The van der Waals surface area contributed by atoms with Crippen molar-refractivity contribution in [2.24, 2.45) is 0 Å². The number of nitrogens with zero attached hydrogens (tertiary/aromatic N) is 3. The lowest BCUT2D eigenvalue weighted by Crippen LogP contribution is -2.36. The SMILES string of the molecule is O=C(O)C1CC(O)CN1c1c(Br)cncc1[N+](=O)[O-]. The summed E-state index contributed by atoms with van der Waals surface area (Å²) in [6, 6.07) is -0.993. The summed E-state index contributed by atoms with van der Waals surface area (Å²) in [5.41, 5.74) is -0.168. The Hall–Kier alpha value is -1.74. The highest BCUT2D eigenvalue weighted by molar-refractivity contribution is 9.10. The summed E-state index contributed by atoms with van der Waals surface area (Å²) in [4.78, 5) is 26.6. The number of carboxylic acid groups (broad SMARTS) is 1. The van der Waals surface area contributed by atoms with Crippen LogP contribution in [0.3, 0.4) is 0 Å². The monoisotopic (exact) mass is 331 g/mol. The Labute approximate surface area is 116 Å². The first-order chi connectivity index (χ1) is 8.91. The topological polar surface area (TPSA) is 117 Å². The summed E-state index contributed by atoms with van der Waals surface area (Å²) in [6.45, 7) is 0.0282. The van der Waals surface area contributed by atoms with Gasteiger partial charge >= 0.3 is 11.7 Å². The number of hydrogen-bond acceptors (Lipinski definition) is 6. The molecule has 8 nitrogen and oxygen atoms in total. The molecule has 0 aromatic carbocycles. The molecule has 19 heavy (non-hydrogen) atoms. The van der Waals surface area contributed by atoms with Gasteiger partial charge in [0, 0.05) is 19.2 Å². The number of carboxylic acids is 1. The molecule has 1 aliphatic rings. The first kappa shape index (κ1) is 13.7. The van der Waals surface area contributed by atoms with Crippen LogP contribution in [-0.4, -0.2) is 44.8 Å². The van der Waals surface area contributed by atoms with Gasteiger partial charge in [0.2, 0.25) is 0 Å². The van der Waals surface area contributed by atoms with Crippen molar-refractivity contribution in [3.63, 3.8) is 0 Å². The number of β-amino-alcohol motifs (C(OH)–C–C–N with tert-alkyl or cyclic N) is 1. The lowest BCUT2D eigenvalue weighted by atomic mass is 10.2. The van der Waals surface area contributed by atoms with Gasteiger partial charge in [0.25, 0.3) is 0 Å². The van der Waals surface area contributed by atoms with Crippen molar-refractivity contribution in [2.45, 2.75) is 18.6 Å². The Kier molecular flexibility index (Phi) is 3.67. The van der Waals surface area contributed by atoms with Crippen LogP contribution < -0.4 is 4.90 Å². The number of carbonyl (C=O) groups is 1. The van der Waals surface area contributed by atoms with Crippen molar-refractivity contribution >= 4 is 33.3 Å². The third-order valence-corrected chi connectivity index (χ3v) is 3.48. The Morgan fingerprint density at radius 3 is 2.84 bits per heavy atom. The summed E-state index contributed by atoms with van der Waals surface area (Å²) >= 11 is 3.14. The van der Waals surface area contributed by atoms with Crippen LogP contribution in [-0.2, 0) is 4.79 Å². The van der Waals surface area contributed by atoms with Crippen LogP contribution in [0.4, 0.5) is 11.4 Å². The van der Waals surface area contributed by atoms with E-state index in [0.717, 1.165) is 6.20 Å². The molecule has 2 heterocycles. The molecule has 2 N–H and O–H groups in total. The van der Waals surface area contributed by atoms with Crippen molar-refractivity contribution < 1.29 is 19.9 Å². The van der Waals surface area contributed by atoms with Gasteiger partial charge in [-0.2, -0.15) is 0 Å². The molecule has 0 amide bonds. The first-order valence-corrected chi connectivity index (χ1v) is 6.16. The zero-order valence-electron chi connectivity index (χ0n) is 9.56. The van der Waals surface area contributed by atoms with Gasteiger partial charge in [-0.15, -0.1) is 0 Å². The van der Waals surface area contributed by atoms with E-state index in [0.29, 0.717) is 4.47 Å². The fourth-order valence-corrected chi connectivity index (χ4v) is 2.68. The van der Waals surface area contributed by atoms with Crippen LogP contribution in [0.15, 0.2) is 16.9 Å². The van der Waals surface area contributed by atoms with E-state index in [4.69, 9.17) is 5.11 Å². The molecule has 2 atom stereocenters. The van der Waals surface area contributed by atoms with Gasteiger partial charge in [0.1, 0.15) is 17.9 Å². The maximum atomic E-state index is 11.2. The molecule has 102 valence electrons. The largest absolute Gasteiger partial charge is 0.480 e. The van der Waals surface area contributed by atoms with E-state index in [9.17, 15) is 20.0 Å². The molecular formula is C10H10BrN3O5. The minimum Gasteiger partial charge on any atom is -0.480 e. The van der Waals surface area contributed by atoms with E-state index in [1.807, 2.05) is 0 Å². The second kappa shape index (κ2) is 5.10. The molecule has 1 aromatic rings. The number of anilines is 1. The van der Waals surface area contributed by atoms with Crippen molar-refractivity contribution in [3.8, 4) is 0 Å². The predicted molar refractivity (Wildman–Crippen MR) is 68.0 cm³/mol. The number of aliphatic carboxylic acids is 1. The van der Waals surface area contributed by atoms with Crippen LogP contribution in [0.25, 0.3) is 0 Å². The number of rotatable bonds is 3. The number of hydrogen-bond donors (Lipinski definition) is 2. The highest BCUT2D eigenvalue weighted by atomic mass is 79.9. The number of halogens is 1.